The highest BCUT2D eigenvalue weighted by Crippen LogP contribution is 2.22. The molecule has 1 amide bonds. The van der Waals surface area contributed by atoms with Crippen molar-refractivity contribution in [2.24, 2.45) is 0 Å². The molecule has 1 atom stereocenters. The van der Waals surface area contributed by atoms with Crippen LogP contribution < -0.4 is 5.32 Å². The molecule has 5 nitrogen and oxygen atoms in total. The smallest absolute Gasteiger partial charge is 0.263 e. The fourth-order valence-corrected chi connectivity index (χ4v) is 3.29. The SMILES string of the molecule is Cc1c(C(=O)N[C@@H](C)c2ccc(C#N)cc2)sc2nccn12. The standard InChI is InChI=1S/C16H14N4OS/c1-10(13-5-3-12(9-17)4-6-13)19-15(21)14-11(2)20-8-7-18-16(20)22-14/h3-8,10H,1-2H3,(H,19,21)/t10-/m0/s1. The van der Waals surface area contributed by atoms with Crippen LogP contribution in [0.2, 0.25) is 0 Å². The Morgan fingerprint density at radius 3 is 2.77 bits per heavy atom. The van der Waals surface area contributed by atoms with E-state index in [2.05, 4.69) is 16.4 Å². The molecule has 0 spiro atoms. The lowest BCUT2D eigenvalue weighted by atomic mass is 10.1. The van der Waals surface area contributed by atoms with Gasteiger partial charge in [0.05, 0.1) is 17.7 Å². The molecule has 2 heterocycles. The van der Waals surface area contributed by atoms with Gasteiger partial charge in [0.2, 0.25) is 0 Å². The van der Waals surface area contributed by atoms with Gasteiger partial charge in [-0.05, 0) is 31.5 Å². The first-order chi connectivity index (χ1) is 10.6. The topological polar surface area (TPSA) is 70.2 Å². The molecule has 0 aliphatic heterocycles. The lowest BCUT2D eigenvalue weighted by Crippen LogP contribution is -2.26. The Balaban J connectivity index is 1.79. The largest absolute Gasteiger partial charge is 0.345 e. The van der Waals surface area contributed by atoms with E-state index in [1.807, 2.05) is 36.6 Å². The van der Waals surface area contributed by atoms with E-state index >= 15 is 0 Å². The Morgan fingerprint density at radius 1 is 1.41 bits per heavy atom. The van der Waals surface area contributed by atoms with Gasteiger partial charge in [-0.1, -0.05) is 23.5 Å². The van der Waals surface area contributed by atoms with Gasteiger partial charge in [-0.3, -0.25) is 9.20 Å². The number of fused-ring (bicyclic) bond motifs is 1. The number of amides is 1. The molecule has 3 aromatic rings. The number of carbonyl (C=O) groups is 1. The second-order valence-corrected chi connectivity index (χ2v) is 6.00. The molecule has 0 saturated carbocycles. The quantitative estimate of drug-likeness (QED) is 0.808. The van der Waals surface area contributed by atoms with Crippen molar-refractivity contribution in [3.63, 3.8) is 0 Å². The molecule has 110 valence electrons. The van der Waals surface area contributed by atoms with Crippen LogP contribution in [0.3, 0.4) is 0 Å². The lowest BCUT2D eigenvalue weighted by molar-refractivity contribution is 0.0943. The number of nitrogens with one attached hydrogen (secondary N) is 1. The Labute approximate surface area is 131 Å². The van der Waals surface area contributed by atoms with E-state index in [9.17, 15) is 4.79 Å². The third kappa shape index (κ3) is 2.47. The summed E-state index contributed by atoms with van der Waals surface area (Å²) in [6.07, 6.45) is 3.57. The summed E-state index contributed by atoms with van der Waals surface area (Å²) >= 11 is 1.38. The van der Waals surface area contributed by atoms with Gasteiger partial charge < -0.3 is 5.32 Å². The number of imidazole rings is 1. The van der Waals surface area contributed by atoms with Crippen LogP contribution in [0, 0.1) is 18.3 Å². The maximum absolute atomic E-state index is 12.4. The normalized spacial score (nSPS) is 12.0. The van der Waals surface area contributed by atoms with E-state index in [1.165, 1.54) is 11.3 Å². The Kier molecular flexibility index (Phi) is 3.65. The molecule has 1 N–H and O–H groups in total. The molecule has 0 aliphatic carbocycles. The van der Waals surface area contributed by atoms with E-state index in [0.717, 1.165) is 16.2 Å². The number of aromatic nitrogens is 2. The first-order valence-electron chi connectivity index (χ1n) is 6.83. The summed E-state index contributed by atoms with van der Waals surface area (Å²) in [5.74, 6) is -0.107. The highest BCUT2D eigenvalue weighted by Gasteiger charge is 2.18. The number of nitriles is 1. The fourth-order valence-electron chi connectivity index (χ4n) is 2.30. The van der Waals surface area contributed by atoms with Gasteiger partial charge in [-0.2, -0.15) is 5.26 Å². The van der Waals surface area contributed by atoms with E-state index in [0.29, 0.717) is 10.4 Å². The number of thiazole rings is 1. The zero-order valence-corrected chi connectivity index (χ0v) is 13.0. The van der Waals surface area contributed by atoms with E-state index in [1.54, 1.807) is 18.3 Å². The molecule has 1 aromatic carbocycles. The van der Waals surface area contributed by atoms with Crippen LogP contribution in [0.15, 0.2) is 36.7 Å². The maximum Gasteiger partial charge on any atom is 0.263 e. The molecular weight excluding hydrogens is 296 g/mol. The fraction of sp³-hybridized carbons (Fsp3) is 0.188. The lowest BCUT2D eigenvalue weighted by Gasteiger charge is -2.14. The molecule has 0 fully saturated rings. The van der Waals surface area contributed by atoms with Crippen molar-refractivity contribution in [2.45, 2.75) is 19.9 Å². The monoisotopic (exact) mass is 310 g/mol. The highest BCUT2D eigenvalue weighted by atomic mass is 32.1. The van der Waals surface area contributed by atoms with Crippen LogP contribution in [0.25, 0.3) is 4.96 Å². The van der Waals surface area contributed by atoms with Gasteiger partial charge >= 0.3 is 0 Å². The molecule has 0 saturated heterocycles. The van der Waals surface area contributed by atoms with Crippen molar-refractivity contribution in [1.82, 2.24) is 14.7 Å². The number of nitrogens with zero attached hydrogens (tertiary/aromatic N) is 3. The summed E-state index contributed by atoms with van der Waals surface area (Å²) in [6, 6.07) is 9.18. The van der Waals surface area contributed by atoms with Crippen molar-refractivity contribution in [1.29, 1.82) is 5.26 Å². The first-order valence-corrected chi connectivity index (χ1v) is 7.65. The van der Waals surface area contributed by atoms with Gasteiger partial charge in [-0.25, -0.2) is 4.98 Å². The number of aryl methyl sites for hydroxylation is 1. The van der Waals surface area contributed by atoms with E-state index < -0.39 is 0 Å². The van der Waals surface area contributed by atoms with Gasteiger partial charge in [0.1, 0.15) is 4.88 Å². The van der Waals surface area contributed by atoms with Gasteiger partial charge in [0.15, 0.2) is 4.96 Å². The van der Waals surface area contributed by atoms with Crippen molar-refractivity contribution < 1.29 is 4.79 Å². The van der Waals surface area contributed by atoms with Crippen LogP contribution in [-0.4, -0.2) is 15.3 Å². The minimum atomic E-state index is -0.130. The van der Waals surface area contributed by atoms with Gasteiger partial charge in [0, 0.05) is 18.1 Å². The summed E-state index contributed by atoms with van der Waals surface area (Å²) < 4.78 is 1.91. The van der Waals surface area contributed by atoms with Crippen molar-refractivity contribution in [3.8, 4) is 6.07 Å². The van der Waals surface area contributed by atoms with Gasteiger partial charge in [0.25, 0.3) is 5.91 Å². The number of hydrogen-bond acceptors (Lipinski definition) is 4. The van der Waals surface area contributed by atoms with Gasteiger partial charge in [-0.15, -0.1) is 0 Å². The Morgan fingerprint density at radius 2 is 2.14 bits per heavy atom. The predicted molar refractivity (Wildman–Crippen MR) is 84.8 cm³/mol. The average molecular weight is 310 g/mol. The second-order valence-electron chi connectivity index (χ2n) is 5.03. The summed E-state index contributed by atoms with van der Waals surface area (Å²) in [7, 11) is 0. The van der Waals surface area contributed by atoms with E-state index in [4.69, 9.17) is 5.26 Å². The number of benzene rings is 1. The van der Waals surface area contributed by atoms with Crippen LogP contribution >= 0.6 is 11.3 Å². The Bertz CT molecular complexity index is 870. The minimum Gasteiger partial charge on any atom is -0.345 e. The number of rotatable bonds is 3. The zero-order valence-electron chi connectivity index (χ0n) is 12.2. The van der Waals surface area contributed by atoms with Crippen molar-refractivity contribution in [3.05, 3.63) is 58.4 Å². The predicted octanol–water partition coefficient (Wildman–Crippen LogP) is 3.07. The molecule has 3 rings (SSSR count). The molecular formula is C16H14N4OS. The molecule has 0 aliphatic rings. The first kappa shape index (κ1) is 14.3. The van der Waals surface area contributed by atoms with Crippen molar-refractivity contribution in [2.75, 3.05) is 0 Å². The number of hydrogen-bond donors (Lipinski definition) is 1. The summed E-state index contributed by atoms with van der Waals surface area (Å²) in [5, 5.41) is 11.8. The zero-order chi connectivity index (χ0) is 15.7. The van der Waals surface area contributed by atoms with Crippen LogP contribution in [-0.2, 0) is 0 Å². The third-order valence-corrected chi connectivity index (χ3v) is 4.75. The molecule has 2 aromatic heterocycles. The summed E-state index contributed by atoms with van der Waals surface area (Å²) in [5.41, 5.74) is 2.46. The van der Waals surface area contributed by atoms with Crippen LogP contribution in [0.4, 0.5) is 0 Å². The van der Waals surface area contributed by atoms with Crippen LogP contribution in [0.5, 0.6) is 0 Å². The highest BCUT2D eigenvalue weighted by molar-refractivity contribution is 7.19. The summed E-state index contributed by atoms with van der Waals surface area (Å²) in [6.45, 7) is 3.83. The summed E-state index contributed by atoms with van der Waals surface area (Å²) in [4.78, 5) is 18.1. The Hall–Kier alpha value is -2.65. The molecule has 22 heavy (non-hydrogen) atoms. The van der Waals surface area contributed by atoms with Crippen LogP contribution in [0.1, 0.15) is 39.5 Å². The van der Waals surface area contributed by atoms with E-state index in [-0.39, 0.29) is 11.9 Å². The second kappa shape index (κ2) is 5.62. The number of carbonyl (C=O) groups excluding carboxylic acids is 1. The third-order valence-electron chi connectivity index (χ3n) is 3.58. The molecule has 0 unspecified atom stereocenters. The molecule has 0 bridgehead atoms. The maximum atomic E-state index is 12.4. The average Bonchev–Trinajstić information content (AvgIpc) is 3.10. The van der Waals surface area contributed by atoms with Crippen molar-refractivity contribution >= 4 is 22.2 Å². The minimum absolute atomic E-state index is 0.107. The molecule has 0 radical (unpaired) electrons. The molecule has 6 heteroatoms.